The third-order valence-corrected chi connectivity index (χ3v) is 9.27. The minimum Gasteiger partial charge on any atom is -0.325 e. The lowest BCUT2D eigenvalue weighted by Gasteiger charge is -2.24. The Morgan fingerprint density at radius 3 is 2.00 bits per heavy atom. The zero-order valence-corrected chi connectivity index (χ0v) is 20.3. The first-order valence-electron chi connectivity index (χ1n) is 10.9. The van der Waals surface area contributed by atoms with Crippen LogP contribution in [-0.4, -0.2) is 46.7 Å². The molecule has 8 nitrogen and oxygen atoms in total. The van der Waals surface area contributed by atoms with E-state index < -0.39 is 38.3 Å². The standard InChI is InChI=1S/C24H24FN3O5S2/c25-19-8-12-23(13-9-19)35(32,33)28(21-6-2-1-3-7-21)18-24(29)26-20-10-14-22(15-11-20)34(30,31)27-16-4-5-17-27/h1-3,6-15H,4-5,16-18H2,(H,26,29). The molecule has 1 amide bonds. The van der Waals surface area contributed by atoms with Crippen LogP contribution in [0.2, 0.25) is 0 Å². The van der Waals surface area contributed by atoms with Gasteiger partial charge in [-0.1, -0.05) is 18.2 Å². The fourth-order valence-corrected chi connectivity index (χ4v) is 6.70. The predicted molar refractivity (Wildman–Crippen MR) is 130 cm³/mol. The molecule has 4 rings (SSSR count). The normalized spacial score (nSPS) is 14.5. The van der Waals surface area contributed by atoms with Gasteiger partial charge in [-0.25, -0.2) is 21.2 Å². The number of anilines is 2. The van der Waals surface area contributed by atoms with Crippen molar-refractivity contribution in [3.63, 3.8) is 0 Å². The summed E-state index contributed by atoms with van der Waals surface area (Å²) >= 11 is 0. The van der Waals surface area contributed by atoms with E-state index in [1.165, 1.54) is 28.6 Å². The summed E-state index contributed by atoms with van der Waals surface area (Å²) in [5.41, 5.74) is 0.585. The molecule has 0 bridgehead atoms. The molecule has 1 heterocycles. The number of sulfonamides is 2. The van der Waals surface area contributed by atoms with Crippen LogP contribution in [0.1, 0.15) is 12.8 Å². The summed E-state index contributed by atoms with van der Waals surface area (Å²) in [6, 6.07) is 18.2. The van der Waals surface area contributed by atoms with Gasteiger partial charge in [0.05, 0.1) is 15.5 Å². The Bertz CT molecular complexity index is 1390. The number of benzene rings is 3. The molecule has 184 valence electrons. The second kappa shape index (κ2) is 10.1. The maximum atomic E-state index is 13.3. The highest BCUT2D eigenvalue weighted by atomic mass is 32.2. The first kappa shape index (κ1) is 24.8. The number of hydrogen-bond donors (Lipinski definition) is 1. The van der Waals surface area contributed by atoms with E-state index >= 15 is 0 Å². The molecule has 0 saturated carbocycles. The molecule has 0 aliphatic carbocycles. The van der Waals surface area contributed by atoms with Crippen molar-refractivity contribution >= 4 is 37.3 Å². The van der Waals surface area contributed by atoms with E-state index in [1.54, 1.807) is 30.3 Å². The molecular weight excluding hydrogens is 493 g/mol. The molecule has 35 heavy (non-hydrogen) atoms. The Balaban J connectivity index is 1.53. The number of amides is 1. The van der Waals surface area contributed by atoms with Crippen LogP contribution in [0.15, 0.2) is 88.7 Å². The van der Waals surface area contributed by atoms with Crippen molar-refractivity contribution in [2.24, 2.45) is 0 Å². The van der Waals surface area contributed by atoms with E-state index in [2.05, 4.69) is 5.32 Å². The minimum atomic E-state index is -4.17. The molecule has 1 N–H and O–H groups in total. The summed E-state index contributed by atoms with van der Waals surface area (Å²) in [7, 11) is -7.76. The first-order chi connectivity index (χ1) is 16.7. The molecule has 0 spiro atoms. The van der Waals surface area contributed by atoms with Gasteiger partial charge in [0, 0.05) is 18.8 Å². The van der Waals surface area contributed by atoms with Gasteiger partial charge in [0.2, 0.25) is 15.9 Å². The summed E-state index contributed by atoms with van der Waals surface area (Å²) < 4.78 is 67.6. The monoisotopic (exact) mass is 517 g/mol. The van der Waals surface area contributed by atoms with E-state index in [1.807, 2.05) is 0 Å². The zero-order chi connectivity index (χ0) is 25.1. The van der Waals surface area contributed by atoms with Gasteiger partial charge in [-0.2, -0.15) is 4.31 Å². The van der Waals surface area contributed by atoms with Crippen molar-refractivity contribution in [1.29, 1.82) is 0 Å². The number of carbonyl (C=O) groups excluding carboxylic acids is 1. The van der Waals surface area contributed by atoms with E-state index in [9.17, 15) is 26.0 Å². The first-order valence-corrected chi connectivity index (χ1v) is 13.8. The van der Waals surface area contributed by atoms with Crippen molar-refractivity contribution in [2.45, 2.75) is 22.6 Å². The van der Waals surface area contributed by atoms with Gasteiger partial charge in [-0.05, 0) is 73.5 Å². The Kier molecular flexibility index (Phi) is 7.20. The van der Waals surface area contributed by atoms with Gasteiger partial charge in [0.1, 0.15) is 12.4 Å². The topological polar surface area (TPSA) is 104 Å². The Hall–Kier alpha value is -3.28. The molecular formula is C24H24FN3O5S2. The number of para-hydroxylation sites is 1. The van der Waals surface area contributed by atoms with Crippen molar-refractivity contribution in [3.05, 3.63) is 84.7 Å². The Morgan fingerprint density at radius 1 is 0.829 bits per heavy atom. The molecule has 11 heteroatoms. The van der Waals surface area contributed by atoms with Gasteiger partial charge in [0.25, 0.3) is 10.0 Å². The quantitative estimate of drug-likeness (QED) is 0.493. The molecule has 1 saturated heterocycles. The van der Waals surface area contributed by atoms with Crippen LogP contribution < -0.4 is 9.62 Å². The second-order valence-corrected chi connectivity index (χ2v) is 11.8. The number of carbonyl (C=O) groups is 1. The van der Waals surface area contributed by atoms with Crippen molar-refractivity contribution in [1.82, 2.24) is 4.31 Å². The molecule has 0 unspecified atom stereocenters. The van der Waals surface area contributed by atoms with E-state index in [-0.39, 0.29) is 15.5 Å². The molecule has 3 aromatic rings. The number of nitrogens with one attached hydrogen (secondary N) is 1. The summed E-state index contributed by atoms with van der Waals surface area (Å²) in [6.07, 6.45) is 1.65. The van der Waals surface area contributed by atoms with Crippen LogP contribution in [0.4, 0.5) is 15.8 Å². The van der Waals surface area contributed by atoms with E-state index in [0.29, 0.717) is 18.8 Å². The minimum absolute atomic E-state index is 0.127. The van der Waals surface area contributed by atoms with E-state index in [4.69, 9.17) is 0 Å². The number of hydrogen-bond acceptors (Lipinski definition) is 5. The number of nitrogens with zero attached hydrogens (tertiary/aromatic N) is 2. The summed E-state index contributed by atoms with van der Waals surface area (Å²) in [5.74, 6) is -1.21. The van der Waals surface area contributed by atoms with Crippen LogP contribution >= 0.6 is 0 Å². The van der Waals surface area contributed by atoms with Gasteiger partial charge in [0.15, 0.2) is 0 Å². The summed E-state index contributed by atoms with van der Waals surface area (Å²) in [4.78, 5) is 12.8. The molecule has 0 radical (unpaired) electrons. The SMILES string of the molecule is O=C(CN(c1ccccc1)S(=O)(=O)c1ccc(F)cc1)Nc1ccc(S(=O)(=O)N2CCCC2)cc1. The third kappa shape index (κ3) is 5.53. The van der Waals surface area contributed by atoms with Crippen LogP contribution in [0.5, 0.6) is 0 Å². The summed E-state index contributed by atoms with van der Waals surface area (Å²) in [6.45, 7) is 0.425. The smallest absolute Gasteiger partial charge is 0.264 e. The molecule has 3 aromatic carbocycles. The maximum absolute atomic E-state index is 13.3. The number of halogens is 1. The van der Waals surface area contributed by atoms with Gasteiger partial charge in [-0.3, -0.25) is 9.10 Å². The molecule has 0 atom stereocenters. The van der Waals surface area contributed by atoms with Crippen LogP contribution in [-0.2, 0) is 24.8 Å². The van der Waals surface area contributed by atoms with Crippen LogP contribution in [0, 0.1) is 5.82 Å². The Labute approximate surface area is 204 Å². The van der Waals surface area contributed by atoms with Gasteiger partial charge in [-0.15, -0.1) is 0 Å². The lowest BCUT2D eigenvalue weighted by molar-refractivity contribution is -0.114. The predicted octanol–water partition coefficient (Wildman–Crippen LogP) is 3.44. The largest absolute Gasteiger partial charge is 0.325 e. The summed E-state index contributed by atoms with van der Waals surface area (Å²) in [5, 5.41) is 2.61. The Morgan fingerprint density at radius 2 is 1.40 bits per heavy atom. The third-order valence-electron chi connectivity index (χ3n) is 5.57. The maximum Gasteiger partial charge on any atom is 0.264 e. The fraction of sp³-hybridized carbons (Fsp3) is 0.208. The molecule has 1 aliphatic heterocycles. The fourth-order valence-electron chi connectivity index (χ4n) is 3.76. The van der Waals surface area contributed by atoms with Crippen LogP contribution in [0.25, 0.3) is 0 Å². The van der Waals surface area contributed by atoms with Gasteiger partial charge < -0.3 is 5.32 Å². The highest BCUT2D eigenvalue weighted by Gasteiger charge is 2.28. The molecule has 1 aliphatic rings. The van der Waals surface area contributed by atoms with Crippen LogP contribution in [0.3, 0.4) is 0 Å². The van der Waals surface area contributed by atoms with Gasteiger partial charge >= 0.3 is 0 Å². The zero-order valence-electron chi connectivity index (χ0n) is 18.7. The molecule has 0 aromatic heterocycles. The lowest BCUT2D eigenvalue weighted by atomic mass is 10.3. The molecule has 1 fully saturated rings. The van der Waals surface area contributed by atoms with Crippen molar-refractivity contribution < 1.29 is 26.0 Å². The number of rotatable bonds is 8. The van der Waals surface area contributed by atoms with E-state index in [0.717, 1.165) is 41.4 Å². The highest BCUT2D eigenvalue weighted by Crippen LogP contribution is 2.25. The van der Waals surface area contributed by atoms with Crippen molar-refractivity contribution in [3.8, 4) is 0 Å². The second-order valence-electron chi connectivity index (χ2n) is 7.98. The average Bonchev–Trinajstić information content (AvgIpc) is 3.40. The van der Waals surface area contributed by atoms with Crippen molar-refractivity contribution in [2.75, 3.05) is 29.3 Å². The lowest BCUT2D eigenvalue weighted by Crippen LogP contribution is -2.38. The average molecular weight is 518 g/mol. The highest BCUT2D eigenvalue weighted by molar-refractivity contribution is 7.92.